The van der Waals surface area contributed by atoms with Gasteiger partial charge in [-0.25, -0.2) is 0 Å². The minimum atomic E-state index is -1.04. The molecule has 1 amide bonds. The van der Waals surface area contributed by atoms with E-state index in [0.717, 1.165) is 12.8 Å². The number of carbonyl (C=O) groups excluding carboxylic acids is 1. The average molecular weight is 302 g/mol. The van der Waals surface area contributed by atoms with Crippen LogP contribution in [0.25, 0.3) is 0 Å². The lowest BCUT2D eigenvalue weighted by Gasteiger charge is -2.21. The van der Waals surface area contributed by atoms with E-state index in [1.165, 1.54) is 4.90 Å². The Hall–Kier alpha value is -1.26. The number of hydrogen-bond donors (Lipinski definition) is 1. The van der Waals surface area contributed by atoms with Crippen molar-refractivity contribution >= 4 is 35.1 Å². The predicted molar refractivity (Wildman–Crippen MR) is 72.7 cm³/mol. The zero-order chi connectivity index (χ0) is 14.0. The largest absolute Gasteiger partial charge is 0.480 e. The van der Waals surface area contributed by atoms with Crippen molar-refractivity contribution in [3.05, 3.63) is 33.8 Å². The summed E-state index contributed by atoms with van der Waals surface area (Å²) in [6.07, 6.45) is 2.05. The van der Waals surface area contributed by atoms with E-state index in [4.69, 9.17) is 28.3 Å². The van der Waals surface area contributed by atoms with Crippen LogP contribution in [-0.2, 0) is 4.79 Å². The normalized spacial score (nSPS) is 14.2. The van der Waals surface area contributed by atoms with Crippen molar-refractivity contribution in [2.45, 2.75) is 12.8 Å². The number of nitrogens with zero attached hydrogens (tertiary/aromatic N) is 1. The van der Waals surface area contributed by atoms with E-state index < -0.39 is 11.9 Å². The van der Waals surface area contributed by atoms with Crippen molar-refractivity contribution in [1.29, 1.82) is 0 Å². The molecule has 1 N–H and O–H groups in total. The quantitative estimate of drug-likeness (QED) is 0.910. The molecule has 1 aromatic carbocycles. The first kappa shape index (κ1) is 14.2. The third-order valence-electron chi connectivity index (χ3n) is 2.97. The summed E-state index contributed by atoms with van der Waals surface area (Å²) in [6, 6.07) is 4.78. The van der Waals surface area contributed by atoms with Crippen molar-refractivity contribution in [3.8, 4) is 0 Å². The number of carbonyl (C=O) groups is 2. The lowest BCUT2D eigenvalue weighted by atomic mass is 10.2. The van der Waals surface area contributed by atoms with Gasteiger partial charge in [0.05, 0.1) is 15.6 Å². The first-order valence-corrected chi connectivity index (χ1v) is 6.69. The Morgan fingerprint density at radius 2 is 1.84 bits per heavy atom. The molecule has 1 saturated carbocycles. The van der Waals surface area contributed by atoms with Crippen LogP contribution in [0.5, 0.6) is 0 Å². The topological polar surface area (TPSA) is 57.6 Å². The maximum absolute atomic E-state index is 12.4. The van der Waals surface area contributed by atoms with Gasteiger partial charge in [-0.05, 0) is 30.9 Å². The molecule has 0 aromatic heterocycles. The van der Waals surface area contributed by atoms with Crippen molar-refractivity contribution in [1.82, 2.24) is 4.90 Å². The fourth-order valence-electron chi connectivity index (χ4n) is 1.85. The number of amides is 1. The molecule has 2 rings (SSSR count). The second kappa shape index (κ2) is 5.80. The molecule has 0 unspecified atom stereocenters. The summed E-state index contributed by atoms with van der Waals surface area (Å²) >= 11 is 12.0. The van der Waals surface area contributed by atoms with Gasteiger partial charge in [-0.2, -0.15) is 0 Å². The van der Waals surface area contributed by atoms with E-state index in [1.807, 2.05) is 0 Å². The molecule has 4 nitrogen and oxygen atoms in total. The molecule has 0 saturated heterocycles. The number of aliphatic carboxylic acids is 1. The van der Waals surface area contributed by atoms with Crippen LogP contribution in [0.1, 0.15) is 23.2 Å². The van der Waals surface area contributed by atoms with Crippen molar-refractivity contribution < 1.29 is 14.7 Å². The van der Waals surface area contributed by atoms with Gasteiger partial charge in [0, 0.05) is 6.54 Å². The van der Waals surface area contributed by atoms with Crippen LogP contribution in [0.3, 0.4) is 0 Å². The second-order valence-electron chi connectivity index (χ2n) is 4.62. The summed E-state index contributed by atoms with van der Waals surface area (Å²) in [5, 5.41) is 9.37. The standard InChI is InChI=1S/C13H13Cl2NO3/c14-9-2-1-3-10(15)12(9)13(19)16(7-11(17)18)6-8-4-5-8/h1-3,8H,4-7H2,(H,17,18). The molecule has 19 heavy (non-hydrogen) atoms. The number of benzene rings is 1. The van der Waals surface area contributed by atoms with Crippen LogP contribution in [0, 0.1) is 5.92 Å². The molecule has 1 aliphatic rings. The predicted octanol–water partition coefficient (Wildman–Crippen LogP) is 2.93. The Morgan fingerprint density at radius 3 is 2.32 bits per heavy atom. The molecule has 0 atom stereocenters. The monoisotopic (exact) mass is 301 g/mol. The molecular formula is C13H13Cl2NO3. The Labute approximate surface area is 120 Å². The highest BCUT2D eigenvalue weighted by atomic mass is 35.5. The van der Waals surface area contributed by atoms with Crippen LogP contribution in [0.4, 0.5) is 0 Å². The van der Waals surface area contributed by atoms with Gasteiger partial charge in [0.1, 0.15) is 6.54 Å². The highest BCUT2D eigenvalue weighted by Gasteiger charge is 2.30. The van der Waals surface area contributed by atoms with E-state index >= 15 is 0 Å². The van der Waals surface area contributed by atoms with E-state index in [0.29, 0.717) is 12.5 Å². The van der Waals surface area contributed by atoms with E-state index in [9.17, 15) is 9.59 Å². The fourth-order valence-corrected chi connectivity index (χ4v) is 2.41. The third kappa shape index (κ3) is 3.61. The molecular weight excluding hydrogens is 289 g/mol. The van der Waals surface area contributed by atoms with Crippen LogP contribution < -0.4 is 0 Å². The van der Waals surface area contributed by atoms with Gasteiger partial charge >= 0.3 is 5.97 Å². The molecule has 1 aliphatic carbocycles. The Kier molecular flexibility index (Phi) is 4.32. The Morgan fingerprint density at radius 1 is 1.26 bits per heavy atom. The fraction of sp³-hybridized carbons (Fsp3) is 0.385. The summed E-state index contributed by atoms with van der Waals surface area (Å²) in [6.45, 7) is 0.101. The SMILES string of the molecule is O=C(O)CN(CC1CC1)C(=O)c1c(Cl)cccc1Cl. The van der Waals surface area contributed by atoms with Crippen LogP contribution in [-0.4, -0.2) is 35.0 Å². The van der Waals surface area contributed by atoms with E-state index in [1.54, 1.807) is 18.2 Å². The number of hydrogen-bond acceptors (Lipinski definition) is 2. The molecule has 1 fully saturated rings. The van der Waals surface area contributed by atoms with Gasteiger partial charge in [0.2, 0.25) is 0 Å². The van der Waals surface area contributed by atoms with E-state index in [2.05, 4.69) is 0 Å². The summed E-state index contributed by atoms with van der Waals surface area (Å²) < 4.78 is 0. The number of carboxylic acid groups (broad SMARTS) is 1. The molecule has 0 spiro atoms. The number of rotatable bonds is 5. The summed E-state index contributed by atoms with van der Waals surface area (Å²) in [5.74, 6) is -1.08. The van der Waals surface area contributed by atoms with Gasteiger partial charge < -0.3 is 10.0 Å². The molecule has 6 heteroatoms. The zero-order valence-electron chi connectivity index (χ0n) is 10.1. The average Bonchev–Trinajstić information content (AvgIpc) is 3.11. The van der Waals surface area contributed by atoms with Crippen LogP contribution in [0.2, 0.25) is 10.0 Å². The maximum Gasteiger partial charge on any atom is 0.323 e. The van der Waals surface area contributed by atoms with Crippen LogP contribution >= 0.6 is 23.2 Å². The lowest BCUT2D eigenvalue weighted by molar-refractivity contribution is -0.137. The van der Waals surface area contributed by atoms with Gasteiger partial charge in [-0.1, -0.05) is 29.3 Å². The molecule has 102 valence electrons. The molecule has 0 heterocycles. The van der Waals surface area contributed by atoms with E-state index in [-0.39, 0.29) is 22.2 Å². The summed E-state index contributed by atoms with van der Waals surface area (Å²) in [4.78, 5) is 24.5. The highest BCUT2D eigenvalue weighted by Crippen LogP contribution is 2.31. The van der Waals surface area contributed by atoms with Crippen molar-refractivity contribution in [2.24, 2.45) is 5.92 Å². The van der Waals surface area contributed by atoms with Gasteiger partial charge in [0.25, 0.3) is 5.91 Å². The van der Waals surface area contributed by atoms with Crippen molar-refractivity contribution in [2.75, 3.05) is 13.1 Å². The molecule has 0 aliphatic heterocycles. The summed E-state index contributed by atoms with van der Waals surface area (Å²) in [7, 11) is 0. The third-order valence-corrected chi connectivity index (χ3v) is 3.60. The zero-order valence-corrected chi connectivity index (χ0v) is 11.6. The highest BCUT2D eigenvalue weighted by molar-refractivity contribution is 6.39. The number of halogens is 2. The van der Waals surface area contributed by atoms with Gasteiger partial charge in [-0.15, -0.1) is 0 Å². The van der Waals surface area contributed by atoms with Gasteiger partial charge in [-0.3, -0.25) is 9.59 Å². The Balaban J connectivity index is 2.24. The Bertz CT molecular complexity index is 494. The smallest absolute Gasteiger partial charge is 0.323 e. The second-order valence-corrected chi connectivity index (χ2v) is 5.43. The first-order valence-electron chi connectivity index (χ1n) is 5.94. The minimum absolute atomic E-state index is 0.174. The first-order chi connectivity index (χ1) is 8.99. The molecule has 0 bridgehead atoms. The maximum atomic E-state index is 12.4. The minimum Gasteiger partial charge on any atom is -0.480 e. The van der Waals surface area contributed by atoms with Gasteiger partial charge in [0.15, 0.2) is 0 Å². The van der Waals surface area contributed by atoms with Crippen LogP contribution in [0.15, 0.2) is 18.2 Å². The summed E-state index contributed by atoms with van der Waals surface area (Å²) in [5.41, 5.74) is 0.174. The van der Waals surface area contributed by atoms with Crippen molar-refractivity contribution in [3.63, 3.8) is 0 Å². The molecule has 1 aromatic rings. The molecule has 0 radical (unpaired) electrons. The lowest BCUT2D eigenvalue weighted by Crippen LogP contribution is -2.37. The number of carboxylic acids is 1.